The molecule has 0 aromatic heterocycles. The van der Waals surface area contributed by atoms with Crippen molar-refractivity contribution in [2.75, 3.05) is 0 Å². The lowest BCUT2D eigenvalue weighted by atomic mass is 10.2. The Morgan fingerprint density at radius 1 is 1.56 bits per heavy atom. The van der Waals surface area contributed by atoms with Gasteiger partial charge in [-0.1, -0.05) is 19.4 Å². The van der Waals surface area contributed by atoms with Crippen molar-refractivity contribution in [3.8, 4) is 6.07 Å². The Kier molecular flexibility index (Phi) is 12.6. The van der Waals surface area contributed by atoms with Crippen molar-refractivity contribution in [2.24, 2.45) is 0 Å². The fourth-order valence-corrected chi connectivity index (χ4v) is 0.269. The second-order valence-electron chi connectivity index (χ2n) is 1.62. The van der Waals surface area contributed by atoms with Gasteiger partial charge in [0.1, 0.15) is 0 Å². The van der Waals surface area contributed by atoms with Crippen molar-refractivity contribution < 1.29 is 0 Å². The van der Waals surface area contributed by atoms with Gasteiger partial charge in [-0.25, -0.2) is 0 Å². The summed E-state index contributed by atoms with van der Waals surface area (Å²) in [6.07, 6.45) is 1.45. The highest BCUT2D eigenvalue weighted by Gasteiger charge is 1.80. The molecule has 0 aromatic carbocycles. The molecule has 0 aromatic rings. The fourth-order valence-electron chi connectivity index (χ4n) is 0.269. The van der Waals surface area contributed by atoms with Crippen molar-refractivity contribution in [3.63, 3.8) is 0 Å². The SMILES string of the molecule is C=C(C)CCC#N.CC. The Labute approximate surface area is 58.0 Å². The molecule has 0 saturated heterocycles. The first-order valence-corrected chi connectivity index (χ1v) is 3.28. The van der Waals surface area contributed by atoms with Gasteiger partial charge in [0.25, 0.3) is 0 Å². The summed E-state index contributed by atoms with van der Waals surface area (Å²) in [5.74, 6) is 0. The third-order valence-electron chi connectivity index (χ3n) is 0.664. The van der Waals surface area contributed by atoms with Gasteiger partial charge in [-0.3, -0.25) is 0 Å². The van der Waals surface area contributed by atoms with Gasteiger partial charge in [-0.15, -0.1) is 6.58 Å². The third-order valence-corrected chi connectivity index (χ3v) is 0.664. The van der Waals surface area contributed by atoms with Crippen LogP contribution in [0.5, 0.6) is 0 Å². The average Bonchev–Trinajstić information content (AvgIpc) is 1.88. The van der Waals surface area contributed by atoms with Crippen LogP contribution in [0.1, 0.15) is 33.6 Å². The highest BCUT2D eigenvalue weighted by Crippen LogP contribution is 1.96. The summed E-state index contributed by atoms with van der Waals surface area (Å²) in [7, 11) is 0. The van der Waals surface area contributed by atoms with Crippen LogP contribution in [-0.2, 0) is 0 Å². The predicted molar refractivity (Wildman–Crippen MR) is 41.0 cm³/mol. The van der Waals surface area contributed by atoms with Crippen LogP contribution in [0, 0.1) is 11.3 Å². The molecule has 0 saturated carbocycles. The zero-order valence-corrected chi connectivity index (χ0v) is 6.57. The minimum absolute atomic E-state index is 0.606. The van der Waals surface area contributed by atoms with E-state index in [4.69, 9.17) is 5.26 Å². The largest absolute Gasteiger partial charge is 0.198 e. The van der Waals surface area contributed by atoms with Gasteiger partial charge in [0, 0.05) is 6.42 Å². The van der Waals surface area contributed by atoms with E-state index >= 15 is 0 Å². The van der Waals surface area contributed by atoms with E-state index in [9.17, 15) is 0 Å². The van der Waals surface area contributed by atoms with Crippen LogP contribution in [0.3, 0.4) is 0 Å². The van der Waals surface area contributed by atoms with Gasteiger partial charge in [0.15, 0.2) is 0 Å². The summed E-state index contributed by atoms with van der Waals surface area (Å²) < 4.78 is 0. The number of hydrogen-bond donors (Lipinski definition) is 0. The molecule has 0 radical (unpaired) electrons. The van der Waals surface area contributed by atoms with Crippen LogP contribution in [-0.4, -0.2) is 0 Å². The lowest BCUT2D eigenvalue weighted by Crippen LogP contribution is -1.69. The molecule has 0 rings (SSSR count). The Hall–Kier alpha value is -0.770. The average molecular weight is 125 g/mol. The molecule has 0 bridgehead atoms. The van der Waals surface area contributed by atoms with Crippen LogP contribution >= 0.6 is 0 Å². The number of rotatable bonds is 2. The molecule has 1 heteroatoms. The third kappa shape index (κ3) is 19.0. The summed E-state index contributed by atoms with van der Waals surface area (Å²) >= 11 is 0. The van der Waals surface area contributed by atoms with Gasteiger partial charge < -0.3 is 0 Å². The maximum absolute atomic E-state index is 8.02. The number of hydrogen-bond acceptors (Lipinski definition) is 1. The second-order valence-corrected chi connectivity index (χ2v) is 1.62. The summed E-state index contributed by atoms with van der Waals surface area (Å²) in [6, 6.07) is 2.04. The van der Waals surface area contributed by atoms with Crippen LogP contribution in [0.15, 0.2) is 12.2 Å². The minimum Gasteiger partial charge on any atom is -0.198 e. The van der Waals surface area contributed by atoms with Crippen LogP contribution in [0.4, 0.5) is 0 Å². The van der Waals surface area contributed by atoms with Gasteiger partial charge in [0.05, 0.1) is 6.07 Å². The van der Waals surface area contributed by atoms with Crippen molar-refractivity contribution in [2.45, 2.75) is 33.6 Å². The molecule has 0 heterocycles. The molecule has 0 atom stereocenters. The molecule has 52 valence electrons. The zero-order chi connectivity index (χ0) is 7.70. The van der Waals surface area contributed by atoms with E-state index in [1.165, 1.54) is 0 Å². The number of nitriles is 1. The lowest BCUT2D eigenvalue weighted by molar-refractivity contribution is 0.993. The summed E-state index contributed by atoms with van der Waals surface area (Å²) in [6.45, 7) is 9.57. The van der Waals surface area contributed by atoms with Gasteiger partial charge in [0.2, 0.25) is 0 Å². The van der Waals surface area contributed by atoms with E-state index in [0.717, 1.165) is 12.0 Å². The highest BCUT2D eigenvalue weighted by atomic mass is 14.2. The number of allylic oxidation sites excluding steroid dienone is 1. The topological polar surface area (TPSA) is 23.8 Å². The first kappa shape index (κ1) is 11.1. The van der Waals surface area contributed by atoms with E-state index < -0.39 is 0 Å². The molecule has 0 aliphatic carbocycles. The van der Waals surface area contributed by atoms with Gasteiger partial charge in [-0.2, -0.15) is 5.26 Å². The van der Waals surface area contributed by atoms with Crippen molar-refractivity contribution in [3.05, 3.63) is 12.2 Å². The van der Waals surface area contributed by atoms with Crippen molar-refractivity contribution >= 4 is 0 Å². The second kappa shape index (κ2) is 10.3. The highest BCUT2D eigenvalue weighted by molar-refractivity contribution is 4.91. The molecule has 0 aliphatic rings. The van der Waals surface area contributed by atoms with Crippen LogP contribution in [0.2, 0.25) is 0 Å². The van der Waals surface area contributed by atoms with Crippen LogP contribution < -0.4 is 0 Å². The standard InChI is InChI=1S/C6H9N.C2H6/c1-6(2)4-3-5-7;1-2/h1,3-4H2,2H3;1-2H3. The molecule has 0 N–H and O–H groups in total. The maximum atomic E-state index is 8.02. The maximum Gasteiger partial charge on any atom is 0.0625 e. The fraction of sp³-hybridized carbons (Fsp3) is 0.625. The summed E-state index contributed by atoms with van der Waals surface area (Å²) in [5.41, 5.74) is 1.08. The van der Waals surface area contributed by atoms with Crippen molar-refractivity contribution in [1.82, 2.24) is 0 Å². The smallest absolute Gasteiger partial charge is 0.0625 e. The van der Waals surface area contributed by atoms with E-state index in [1.807, 2.05) is 26.8 Å². The Morgan fingerprint density at radius 3 is 2.11 bits per heavy atom. The lowest BCUT2D eigenvalue weighted by Gasteiger charge is -1.85. The quantitative estimate of drug-likeness (QED) is 0.520. The molecule has 0 amide bonds. The molecule has 0 unspecified atom stereocenters. The van der Waals surface area contributed by atoms with Crippen molar-refractivity contribution in [1.29, 1.82) is 5.26 Å². The Morgan fingerprint density at radius 2 is 2.00 bits per heavy atom. The Bertz CT molecular complexity index is 97.6. The molecule has 0 fully saturated rings. The number of nitrogens with zero attached hydrogens (tertiary/aromatic N) is 1. The van der Waals surface area contributed by atoms with Gasteiger partial charge in [-0.05, 0) is 13.3 Å². The monoisotopic (exact) mass is 125 g/mol. The Balaban J connectivity index is 0. The summed E-state index contributed by atoms with van der Waals surface area (Å²) in [5, 5.41) is 8.02. The first-order valence-electron chi connectivity index (χ1n) is 3.28. The van der Waals surface area contributed by atoms with E-state index in [1.54, 1.807) is 0 Å². The minimum atomic E-state index is 0.606. The molecular formula is C8H15N. The van der Waals surface area contributed by atoms with E-state index in [2.05, 4.69) is 6.58 Å². The molecular weight excluding hydrogens is 110 g/mol. The molecule has 0 spiro atoms. The molecule has 9 heavy (non-hydrogen) atoms. The molecule has 0 aliphatic heterocycles. The predicted octanol–water partition coefficient (Wildman–Crippen LogP) is 2.89. The van der Waals surface area contributed by atoms with Crippen LogP contribution in [0.25, 0.3) is 0 Å². The first-order chi connectivity index (χ1) is 4.27. The van der Waals surface area contributed by atoms with E-state index in [-0.39, 0.29) is 0 Å². The normalized spacial score (nSPS) is 6.44. The molecule has 1 nitrogen and oxygen atoms in total. The summed E-state index contributed by atoms with van der Waals surface area (Å²) in [4.78, 5) is 0. The zero-order valence-electron chi connectivity index (χ0n) is 6.57. The van der Waals surface area contributed by atoms with E-state index in [0.29, 0.717) is 6.42 Å². The van der Waals surface area contributed by atoms with Gasteiger partial charge >= 0.3 is 0 Å².